The van der Waals surface area contributed by atoms with E-state index < -0.39 is 0 Å². The molecule has 0 aliphatic carbocycles. The lowest BCUT2D eigenvalue weighted by molar-refractivity contribution is -0.117. The topological polar surface area (TPSA) is 47.6 Å². The second-order valence-electron chi connectivity index (χ2n) is 6.24. The molecular weight excluding hydrogens is 326 g/mol. The van der Waals surface area contributed by atoms with Crippen LogP contribution in [0.4, 0.5) is 0 Å². The molecule has 4 heteroatoms. The summed E-state index contributed by atoms with van der Waals surface area (Å²) in [5.74, 6) is 1.30. The molecule has 0 radical (unpaired) electrons. The van der Waals surface area contributed by atoms with E-state index in [0.717, 1.165) is 22.3 Å². The van der Waals surface area contributed by atoms with Crippen molar-refractivity contribution in [2.75, 3.05) is 6.79 Å². The molecule has 4 rings (SSSR count). The fourth-order valence-corrected chi connectivity index (χ4v) is 3.16. The first-order chi connectivity index (χ1) is 12.7. The van der Waals surface area contributed by atoms with Crippen LogP contribution in [0.25, 0.3) is 16.8 Å². The molecule has 1 heterocycles. The molecule has 4 nitrogen and oxygen atoms in total. The monoisotopic (exact) mass is 345 g/mol. The molecule has 1 unspecified atom stereocenters. The van der Waals surface area contributed by atoms with Crippen LogP contribution >= 0.6 is 0 Å². The molecular formula is C22H19NO3. The van der Waals surface area contributed by atoms with Crippen LogP contribution in [0.3, 0.4) is 0 Å². The number of benzene rings is 3. The predicted octanol–water partition coefficient (Wildman–Crippen LogP) is 4.46. The summed E-state index contributed by atoms with van der Waals surface area (Å²) in [4.78, 5) is 12.3. The summed E-state index contributed by atoms with van der Waals surface area (Å²) in [5, 5.41) is 5.35. The van der Waals surface area contributed by atoms with Gasteiger partial charge in [-0.3, -0.25) is 4.79 Å². The van der Waals surface area contributed by atoms with E-state index in [1.165, 1.54) is 5.39 Å². The number of fused-ring (bicyclic) bond motifs is 2. The van der Waals surface area contributed by atoms with Gasteiger partial charge in [0.15, 0.2) is 11.5 Å². The van der Waals surface area contributed by atoms with Crippen molar-refractivity contribution >= 4 is 22.8 Å². The number of hydrogen-bond donors (Lipinski definition) is 1. The van der Waals surface area contributed by atoms with E-state index in [1.54, 1.807) is 12.2 Å². The van der Waals surface area contributed by atoms with Crippen molar-refractivity contribution in [3.63, 3.8) is 0 Å². The number of rotatable bonds is 4. The maximum Gasteiger partial charge on any atom is 0.244 e. The van der Waals surface area contributed by atoms with E-state index >= 15 is 0 Å². The Morgan fingerprint density at radius 3 is 2.77 bits per heavy atom. The smallest absolute Gasteiger partial charge is 0.244 e. The van der Waals surface area contributed by atoms with Crippen molar-refractivity contribution in [2.45, 2.75) is 13.0 Å². The van der Waals surface area contributed by atoms with Crippen LogP contribution in [-0.2, 0) is 4.79 Å². The summed E-state index contributed by atoms with van der Waals surface area (Å²) in [6.45, 7) is 2.24. The van der Waals surface area contributed by atoms with E-state index in [2.05, 4.69) is 29.6 Å². The molecule has 1 aliphatic rings. The van der Waals surface area contributed by atoms with E-state index in [0.29, 0.717) is 5.75 Å². The zero-order valence-corrected chi connectivity index (χ0v) is 14.4. The van der Waals surface area contributed by atoms with Gasteiger partial charge in [-0.2, -0.15) is 0 Å². The lowest BCUT2D eigenvalue weighted by Gasteiger charge is -2.15. The van der Waals surface area contributed by atoms with Gasteiger partial charge in [0, 0.05) is 6.08 Å². The molecule has 1 amide bonds. The van der Waals surface area contributed by atoms with Gasteiger partial charge in [0.25, 0.3) is 0 Å². The fraction of sp³-hybridized carbons (Fsp3) is 0.136. The van der Waals surface area contributed by atoms with E-state index in [9.17, 15) is 4.79 Å². The van der Waals surface area contributed by atoms with Crippen LogP contribution in [0.1, 0.15) is 24.1 Å². The third kappa shape index (κ3) is 3.26. The Morgan fingerprint density at radius 1 is 1.04 bits per heavy atom. The maximum absolute atomic E-state index is 12.3. The van der Waals surface area contributed by atoms with Gasteiger partial charge in [0.1, 0.15) is 0 Å². The average molecular weight is 345 g/mol. The molecule has 1 N–H and O–H groups in total. The largest absolute Gasteiger partial charge is 0.454 e. The summed E-state index contributed by atoms with van der Waals surface area (Å²) in [5.41, 5.74) is 2.00. The fourth-order valence-electron chi connectivity index (χ4n) is 3.16. The highest BCUT2D eigenvalue weighted by Gasteiger charge is 2.13. The Hall–Kier alpha value is -3.27. The minimum absolute atomic E-state index is 0.0880. The molecule has 130 valence electrons. The maximum atomic E-state index is 12.3. The first-order valence-corrected chi connectivity index (χ1v) is 8.56. The normalized spacial score (nSPS) is 13.9. The molecule has 3 aromatic rings. The van der Waals surface area contributed by atoms with Crippen LogP contribution in [0.5, 0.6) is 11.5 Å². The number of hydrogen-bond acceptors (Lipinski definition) is 3. The second kappa shape index (κ2) is 6.92. The number of nitrogens with one attached hydrogen (secondary N) is 1. The lowest BCUT2D eigenvalue weighted by Crippen LogP contribution is -2.24. The third-order valence-corrected chi connectivity index (χ3v) is 4.47. The number of carbonyl (C=O) groups is 1. The summed E-state index contributed by atoms with van der Waals surface area (Å²) >= 11 is 0. The summed E-state index contributed by atoms with van der Waals surface area (Å²) in [6, 6.07) is 19.8. The van der Waals surface area contributed by atoms with Gasteiger partial charge in [-0.1, -0.05) is 48.5 Å². The molecule has 1 atom stereocenters. The quantitative estimate of drug-likeness (QED) is 0.710. The predicted molar refractivity (Wildman–Crippen MR) is 102 cm³/mol. The van der Waals surface area contributed by atoms with E-state index in [-0.39, 0.29) is 18.7 Å². The Balaban J connectivity index is 1.47. The highest BCUT2D eigenvalue weighted by Crippen LogP contribution is 2.32. The van der Waals surface area contributed by atoms with Gasteiger partial charge in [0.2, 0.25) is 12.7 Å². The Kier molecular flexibility index (Phi) is 4.32. The van der Waals surface area contributed by atoms with Crippen LogP contribution in [0.15, 0.2) is 66.7 Å². The number of carbonyl (C=O) groups excluding carboxylic acids is 1. The van der Waals surface area contributed by atoms with Gasteiger partial charge < -0.3 is 14.8 Å². The molecule has 1 aliphatic heterocycles. The van der Waals surface area contributed by atoms with Crippen LogP contribution in [0.2, 0.25) is 0 Å². The molecule has 0 fully saturated rings. The van der Waals surface area contributed by atoms with Crippen molar-refractivity contribution in [3.05, 3.63) is 77.9 Å². The standard InChI is InChI=1S/C22H19NO3/c1-15(18-8-4-6-17-5-2-3-7-19(17)18)23-22(24)12-10-16-9-11-20-21(13-16)26-14-25-20/h2-13,15H,14H2,1H3,(H,23,24)/b12-10+. The van der Waals surface area contributed by atoms with Crippen molar-refractivity contribution < 1.29 is 14.3 Å². The average Bonchev–Trinajstić information content (AvgIpc) is 3.13. The first-order valence-electron chi connectivity index (χ1n) is 8.56. The molecule has 0 spiro atoms. The molecule has 3 aromatic carbocycles. The van der Waals surface area contributed by atoms with Crippen LogP contribution < -0.4 is 14.8 Å². The minimum Gasteiger partial charge on any atom is -0.454 e. The summed E-state index contributed by atoms with van der Waals surface area (Å²) < 4.78 is 10.6. The second-order valence-corrected chi connectivity index (χ2v) is 6.24. The third-order valence-electron chi connectivity index (χ3n) is 4.47. The van der Waals surface area contributed by atoms with Gasteiger partial charge in [-0.05, 0) is 47.0 Å². The minimum atomic E-state index is -0.136. The highest BCUT2D eigenvalue weighted by molar-refractivity contribution is 5.93. The van der Waals surface area contributed by atoms with Gasteiger partial charge in [-0.15, -0.1) is 0 Å². The van der Waals surface area contributed by atoms with Crippen molar-refractivity contribution in [3.8, 4) is 11.5 Å². The zero-order valence-electron chi connectivity index (χ0n) is 14.4. The zero-order chi connectivity index (χ0) is 17.9. The van der Waals surface area contributed by atoms with Crippen LogP contribution in [0, 0.1) is 0 Å². The highest BCUT2D eigenvalue weighted by atomic mass is 16.7. The Labute approximate surface area is 152 Å². The van der Waals surface area contributed by atoms with Gasteiger partial charge in [0.05, 0.1) is 6.04 Å². The lowest BCUT2D eigenvalue weighted by atomic mass is 10.00. The Bertz CT molecular complexity index is 988. The SMILES string of the molecule is CC(NC(=O)/C=C/c1ccc2c(c1)OCO2)c1cccc2ccccc12. The molecule has 0 saturated carbocycles. The molecule has 0 saturated heterocycles. The number of ether oxygens (including phenoxy) is 2. The van der Waals surface area contributed by atoms with E-state index in [4.69, 9.17) is 9.47 Å². The van der Waals surface area contributed by atoms with Gasteiger partial charge in [-0.25, -0.2) is 0 Å². The molecule has 26 heavy (non-hydrogen) atoms. The van der Waals surface area contributed by atoms with Gasteiger partial charge >= 0.3 is 0 Å². The Morgan fingerprint density at radius 2 is 1.85 bits per heavy atom. The van der Waals surface area contributed by atoms with Crippen molar-refractivity contribution in [1.82, 2.24) is 5.32 Å². The molecule has 0 bridgehead atoms. The van der Waals surface area contributed by atoms with Crippen molar-refractivity contribution in [2.24, 2.45) is 0 Å². The van der Waals surface area contributed by atoms with Crippen LogP contribution in [-0.4, -0.2) is 12.7 Å². The van der Waals surface area contributed by atoms with E-state index in [1.807, 2.05) is 43.3 Å². The number of amides is 1. The molecule has 0 aromatic heterocycles. The first kappa shape index (κ1) is 16.2. The van der Waals surface area contributed by atoms with Crippen molar-refractivity contribution in [1.29, 1.82) is 0 Å². The summed E-state index contributed by atoms with van der Waals surface area (Å²) in [7, 11) is 0. The summed E-state index contributed by atoms with van der Waals surface area (Å²) in [6.07, 6.45) is 3.31.